The van der Waals surface area contributed by atoms with E-state index in [9.17, 15) is 4.79 Å². The third kappa shape index (κ3) is 4.68. The number of amides is 1. The third-order valence-electron chi connectivity index (χ3n) is 5.33. The molecule has 21 heavy (non-hydrogen) atoms. The first kappa shape index (κ1) is 16.8. The topological polar surface area (TPSA) is 50.4 Å². The Kier molecular flexibility index (Phi) is 6.49. The van der Waals surface area contributed by atoms with E-state index in [4.69, 9.17) is 4.74 Å². The van der Waals surface area contributed by atoms with Crippen LogP contribution in [0.25, 0.3) is 0 Å². The van der Waals surface area contributed by atoms with Crippen molar-refractivity contribution in [2.75, 3.05) is 20.2 Å². The molecular weight excluding hydrogens is 264 g/mol. The number of hydrogen-bond acceptors (Lipinski definition) is 3. The lowest BCUT2D eigenvalue weighted by Crippen LogP contribution is -2.55. The maximum atomic E-state index is 12.5. The molecule has 1 saturated heterocycles. The largest absolute Gasteiger partial charge is 0.368 e. The van der Waals surface area contributed by atoms with Crippen molar-refractivity contribution in [3.63, 3.8) is 0 Å². The zero-order valence-corrected chi connectivity index (χ0v) is 13.7. The van der Waals surface area contributed by atoms with Gasteiger partial charge in [0, 0.05) is 13.2 Å². The molecule has 122 valence electrons. The van der Waals surface area contributed by atoms with E-state index >= 15 is 0 Å². The summed E-state index contributed by atoms with van der Waals surface area (Å²) >= 11 is 0. The van der Waals surface area contributed by atoms with E-state index in [-0.39, 0.29) is 11.9 Å². The van der Waals surface area contributed by atoms with Gasteiger partial charge >= 0.3 is 0 Å². The number of piperidine rings is 1. The van der Waals surface area contributed by atoms with Crippen molar-refractivity contribution in [1.29, 1.82) is 0 Å². The minimum Gasteiger partial charge on any atom is -0.368 e. The van der Waals surface area contributed by atoms with Crippen molar-refractivity contribution < 1.29 is 9.53 Å². The van der Waals surface area contributed by atoms with E-state index in [0.29, 0.717) is 0 Å². The highest BCUT2D eigenvalue weighted by atomic mass is 16.5. The molecule has 1 saturated carbocycles. The molecule has 0 radical (unpaired) electrons. The van der Waals surface area contributed by atoms with Crippen LogP contribution in [0.5, 0.6) is 0 Å². The summed E-state index contributed by atoms with van der Waals surface area (Å²) in [6.45, 7) is 3.85. The number of hydrogen-bond donors (Lipinski definition) is 2. The van der Waals surface area contributed by atoms with Gasteiger partial charge in [-0.15, -0.1) is 0 Å². The zero-order chi connectivity index (χ0) is 15.1. The van der Waals surface area contributed by atoms with Crippen molar-refractivity contribution >= 4 is 5.91 Å². The molecule has 1 unspecified atom stereocenters. The van der Waals surface area contributed by atoms with Crippen molar-refractivity contribution in [2.45, 2.75) is 76.4 Å². The minimum absolute atomic E-state index is 0.0858. The predicted molar refractivity (Wildman–Crippen MR) is 85.3 cm³/mol. The summed E-state index contributed by atoms with van der Waals surface area (Å²) < 4.78 is 5.58. The number of ether oxygens (including phenoxy) is 1. The van der Waals surface area contributed by atoms with E-state index in [2.05, 4.69) is 17.6 Å². The first-order valence-corrected chi connectivity index (χ1v) is 8.73. The first-order valence-electron chi connectivity index (χ1n) is 8.73. The summed E-state index contributed by atoms with van der Waals surface area (Å²) in [5.74, 6) is 0.969. The molecule has 0 aromatic rings. The molecule has 1 aliphatic heterocycles. The molecule has 1 aliphatic carbocycles. The van der Waals surface area contributed by atoms with Crippen LogP contribution in [0.2, 0.25) is 0 Å². The molecule has 0 aromatic carbocycles. The Labute approximate surface area is 129 Å². The van der Waals surface area contributed by atoms with E-state index in [0.717, 1.165) is 38.3 Å². The molecule has 2 rings (SSSR count). The Morgan fingerprint density at radius 1 is 1.29 bits per heavy atom. The van der Waals surface area contributed by atoms with Crippen LogP contribution in [0.4, 0.5) is 0 Å². The molecule has 1 heterocycles. The Hall–Kier alpha value is -0.610. The summed E-state index contributed by atoms with van der Waals surface area (Å²) in [6, 6.07) is 0.251. The Morgan fingerprint density at radius 2 is 1.95 bits per heavy atom. The van der Waals surface area contributed by atoms with Crippen molar-refractivity contribution in [3.8, 4) is 0 Å². The average Bonchev–Trinajstić information content (AvgIpc) is 2.54. The van der Waals surface area contributed by atoms with E-state index in [1.807, 2.05) is 0 Å². The number of nitrogens with one attached hydrogen (secondary N) is 2. The van der Waals surface area contributed by atoms with Crippen LogP contribution in [0.1, 0.15) is 64.7 Å². The van der Waals surface area contributed by atoms with Gasteiger partial charge in [-0.2, -0.15) is 0 Å². The van der Waals surface area contributed by atoms with Gasteiger partial charge in [-0.25, -0.2) is 0 Å². The molecule has 2 fully saturated rings. The lowest BCUT2D eigenvalue weighted by atomic mass is 9.85. The van der Waals surface area contributed by atoms with Gasteiger partial charge in [0.2, 0.25) is 0 Å². The van der Waals surface area contributed by atoms with Crippen LogP contribution in [-0.4, -0.2) is 37.7 Å². The molecule has 4 nitrogen and oxygen atoms in total. The van der Waals surface area contributed by atoms with Crippen LogP contribution < -0.4 is 10.6 Å². The highest BCUT2D eigenvalue weighted by Gasteiger charge is 2.40. The number of carbonyl (C=O) groups excluding carboxylic acids is 1. The van der Waals surface area contributed by atoms with Crippen LogP contribution in [0.15, 0.2) is 0 Å². The van der Waals surface area contributed by atoms with Gasteiger partial charge in [0.1, 0.15) is 5.60 Å². The van der Waals surface area contributed by atoms with Crippen LogP contribution in [-0.2, 0) is 9.53 Å². The standard InChI is InChI=1S/C17H32N2O2/c1-14(8-9-15-6-4-3-5-7-15)19-16(20)17(21-2)10-12-18-13-11-17/h14-15,18H,3-13H2,1-2H3,(H,19,20). The summed E-state index contributed by atoms with van der Waals surface area (Å²) in [7, 11) is 1.66. The lowest BCUT2D eigenvalue weighted by Gasteiger charge is -2.35. The monoisotopic (exact) mass is 296 g/mol. The zero-order valence-electron chi connectivity index (χ0n) is 13.7. The van der Waals surface area contributed by atoms with Crippen molar-refractivity contribution in [1.82, 2.24) is 10.6 Å². The van der Waals surface area contributed by atoms with E-state index in [1.165, 1.54) is 38.5 Å². The quantitative estimate of drug-likeness (QED) is 0.792. The first-order chi connectivity index (χ1) is 10.2. The smallest absolute Gasteiger partial charge is 0.252 e. The van der Waals surface area contributed by atoms with E-state index in [1.54, 1.807) is 7.11 Å². The molecule has 1 amide bonds. The highest BCUT2D eigenvalue weighted by molar-refractivity contribution is 5.85. The molecule has 0 spiro atoms. The average molecular weight is 296 g/mol. The summed E-state index contributed by atoms with van der Waals surface area (Å²) in [4.78, 5) is 12.5. The predicted octanol–water partition coefficient (Wildman–Crippen LogP) is 2.62. The molecule has 1 atom stereocenters. The second-order valence-electron chi connectivity index (χ2n) is 6.90. The second-order valence-corrected chi connectivity index (χ2v) is 6.90. The lowest BCUT2D eigenvalue weighted by molar-refractivity contribution is -0.147. The molecule has 0 bridgehead atoms. The van der Waals surface area contributed by atoms with Gasteiger partial charge in [0.15, 0.2) is 0 Å². The molecule has 0 aromatic heterocycles. The SMILES string of the molecule is COC1(C(=O)NC(C)CCC2CCCCC2)CCNCC1. The van der Waals surface area contributed by atoms with Crippen LogP contribution in [0.3, 0.4) is 0 Å². The number of methoxy groups -OCH3 is 1. The molecule has 2 aliphatic rings. The Bertz CT molecular complexity index is 321. The van der Waals surface area contributed by atoms with E-state index < -0.39 is 5.60 Å². The minimum atomic E-state index is -0.607. The van der Waals surface area contributed by atoms with Gasteiger partial charge in [-0.3, -0.25) is 4.79 Å². The molecule has 2 N–H and O–H groups in total. The fourth-order valence-corrected chi connectivity index (χ4v) is 3.74. The summed E-state index contributed by atoms with van der Waals surface area (Å²) in [5.41, 5.74) is -0.607. The van der Waals surface area contributed by atoms with Crippen LogP contribution in [0, 0.1) is 5.92 Å². The van der Waals surface area contributed by atoms with Gasteiger partial charge in [0.05, 0.1) is 0 Å². The Morgan fingerprint density at radius 3 is 2.57 bits per heavy atom. The van der Waals surface area contributed by atoms with Gasteiger partial charge in [-0.05, 0) is 51.6 Å². The fourth-order valence-electron chi connectivity index (χ4n) is 3.74. The van der Waals surface area contributed by atoms with Gasteiger partial charge in [0.25, 0.3) is 5.91 Å². The third-order valence-corrected chi connectivity index (χ3v) is 5.33. The maximum Gasteiger partial charge on any atom is 0.252 e. The molecule has 4 heteroatoms. The van der Waals surface area contributed by atoms with Crippen molar-refractivity contribution in [3.05, 3.63) is 0 Å². The highest BCUT2D eigenvalue weighted by Crippen LogP contribution is 2.28. The number of rotatable bonds is 6. The second kappa shape index (κ2) is 8.14. The van der Waals surface area contributed by atoms with Gasteiger partial charge in [-0.1, -0.05) is 32.1 Å². The maximum absolute atomic E-state index is 12.5. The normalized spacial score (nSPS) is 24.5. The molecular formula is C17H32N2O2. The van der Waals surface area contributed by atoms with Crippen LogP contribution >= 0.6 is 0 Å². The summed E-state index contributed by atoms with van der Waals surface area (Å²) in [5, 5.41) is 6.48. The van der Waals surface area contributed by atoms with Crippen molar-refractivity contribution in [2.24, 2.45) is 5.92 Å². The number of carbonyl (C=O) groups is 1. The summed E-state index contributed by atoms with van der Waals surface area (Å²) in [6.07, 6.45) is 10.8. The Balaban J connectivity index is 1.75. The fraction of sp³-hybridized carbons (Fsp3) is 0.941. The van der Waals surface area contributed by atoms with Gasteiger partial charge < -0.3 is 15.4 Å².